The maximum Gasteiger partial charge on any atom is 0.162 e. The second-order valence-electron chi connectivity index (χ2n) is 2.08. The van der Waals surface area contributed by atoms with Crippen molar-refractivity contribution in [3.8, 4) is 11.5 Å². The molecule has 0 bridgehead atoms. The Balaban J connectivity index is 3.25. The number of rotatable bonds is 1. The number of aromatic hydroxyl groups is 1. The summed E-state index contributed by atoms with van der Waals surface area (Å²) < 4.78 is 5.64. The van der Waals surface area contributed by atoms with Crippen LogP contribution in [0.25, 0.3) is 0 Å². The monoisotopic (exact) mass is 215 g/mol. The van der Waals surface area contributed by atoms with Crippen molar-refractivity contribution in [3.05, 3.63) is 29.1 Å². The molecule has 0 aliphatic carbocycles. The highest BCUT2D eigenvalue weighted by atomic mass is 79.9. The smallest absolute Gasteiger partial charge is 0.162 e. The number of halogens is 1. The molecule has 0 aliphatic heterocycles. The first-order valence-electron chi connectivity index (χ1n) is 3.04. The third-order valence-corrected chi connectivity index (χ3v) is 2.15. The maximum atomic E-state index is 9.36. The zero-order chi connectivity index (χ0) is 8.43. The van der Waals surface area contributed by atoms with Gasteiger partial charge in [-0.25, -0.2) is 0 Å². The van der Waals surface area contributed by atoms with Gasteiger partial charge in [-0.3, -0.25) is 0 Å². The Kier molecular flexibility index (Phi) is 2.39. The summed E-state index contributed by atoms with van der Waals surface area (Å²) >= 11 is 3.23. The Morgan fingerprint density at radius 2 is 2.18 bits per heavy atom. The van der Waals surface area contributed by atoms with Crippen molar-refractivity contribution in [2.45, 2.75) is 0 Å². The van der Waals surface area contributed by atoms with Crippen molar-refractivity contribution in [2.24, 2.45) is 0 Å². The Labute approximate surface area is 73.9 Å². The molecule has 0 aliphatic rings. The van der Waals surface area contributed by atoms with Gasteiger partial charge in [-0.2, -0.15) is 0 Å². The summed E-state index contributed by atoms with van der Waals surface area (Å²) in [5, 5.41) is 9.36. The summed E-state index contributed by atoms with van der Waals surface area (Å²) in [6, 6.07) is 3.45. The van der Waals surface area contributed by atoms with Crippen molar-refractivity contribution in [2.75, 3.05) is 7.11 Å². The summed E-state index contributed by atoms with van der Waals surface area (Å²) in [5.74, 6) is 0.528. The predicted octanol–water partition coefficient (Wildman–Crippen LogP) is 2.35. The number of hydrogen-bond acceptors (Lipinski definition) is 2. The van der Waals surface area contributed by atoms with Crippen LogP contribution >= 0.6 is 15.9 Å². The van der Waals surface area contributed by atoms with E-state index in [0.717, 1.165) is 4.47 Å². The molecule has 1 rings (SSSR count). The molecule has 0 atom stereocenters. The minimum absolute atomic E-state index is 0.0851. The zero-order valence-electron chi connectivity index (χ0n) is 6.10. The molecule has 0 heterocycles. The van der Waals surface area contributed by atoms with Crippen LogP contribution in [0.1, 0.15) is 5.56 Å². The Bertz CT molecular complexity index is 271. The van der Waals surface area contributed by atoms with Crippen LogP contribution in [-0.2, 0) is 0 Å². The fourth-order valence-corrected chi connectivity index (χ4v) is 1.07. The molecule has 1 radical (unpaired) electrons. The average Bonchev–Trinajstić information content (AvgIpc) is 2.01. The van der Waals surface area contributed by atoms with Crippen molar-refractivity contribution in [1.29, 1.82) is 0 Å². The highest BCUT2D eigenvalue weighted by Crippen LogP contribution is 2.33. The van der Waals surface area contributed by atoms with Gasteiger partial charge in [0.2, 0.25) is 0 Å². The molecule has 0 aromatic heterocycles. The first-order chi connectivity index (χ1) is 5.16. The predicted molar refractivity (Wildman–Crippen MR) is 46.8 cm³/mol. The number of methoxy groups -OCH3 is 1. The van der Waals surface area contributed by atoms with Gasteiger partial charge >= 0.3 is 0 Å². The quantitative estimate of drug-likeness (QED) is 0.780. The molecular weight excluding hydrogens is 208 g/mol. The second kappa shape index (κ2) is 3.13. The largest absolute Gasteiger partial charge is 0.504 e. The molecule has 59 valence electrons. The van der Waals surface area contributed by atoms with E-state index in [1.54, 1.807) is 12.1 Å². The molecule has 0 saturated carbocycles. The van der Waals surface area contributed by atoms with Gasteiger partial charge in [0.15, 0.2) is 11.5 Å². The van der Waals surface area contributed by atoms with Crippen LogP contribution in [-0.4, -0.2) is 12.2 Å². The number of hydrogen-bond donors (Lipinski definition) is 1. The zero-order valence-corrected chi connectivity index (χ0v) is 7.68. The first kappa shape index (κ1) is 8.40. The molecule has 11 heavy (non-hydrogen) atoms. The molecule has 1 aromatic carbocycles. The fraction of sp³-hybridized carbons (Fsp3) is 0.125. The van der Waals surface area contributed by atoms with Crippen LogP contribution in [0.5, 0.6) is 11.5 Å². The summed E-state index contributed by atoms with van der Waals surface area (Å²) in [6.07, 6.45) is 0. The molecule has 3 heteroatoms. The van der Waals surface area contributed by atoms with E-state index >= 15 is 0 Å². The van der Waals surface area contributed by atoms with Gasteiger partial charge in [0, 0.05) is 10.0 Å². The summed E-state index contributed by atoms with van der Waals surface area (Å²) in [6.45, 7) is 3.65. The van der Waals surface area contributed by atoms with Crippen LogP contribution in [0.4, 0.5) is 0 Å². The molecule has 1 N–H and O–H groups in total. The Morgan fingerprint density at radius 3 is 2.73 bits per heavy atom. The number of phenols is 1. The highest BCUT2D eigenvalue weighted by molar-refractivity contribution is 9.10. The SMILES string of the molecule is [CH2]c1c(Br)ccc(OC)c1O. The summed E-state index contributed by atoms with van der Waals surface area (Å²) in [4.78, 5) is 0. The average molecular weight is 216 g/mol. The standard InChI is InChI=1S/C8H8BrO2/c1-5-6(9)3-4-7(11-2)8(5)10/h3-4,10H,1H2,2H3. The number of phenolic OH excluding ortho intramolecular Hbond substituents is 1. The van der Waals surface area contributed by atoms with E-state index in [4.69, 9.17) is 4.74 Å². The normalized spacial score (nSPS) is 9.73. The van der Waals surface area contributed by atoms with Crippen molar-refractivity contribution >= 4 is 15.9 Å². The molecule has 0 spiro atoms. The van der Waals surface area contributed by atoms with Gasteiger partial charge in [0.1, 0.15) is 0 Å². The number of benzene rings is 1. The summed E-state index contributed by atoms with van der Waals surface area (Å²) in [7, 11) is 1.50. The summed E-state index contributed by atoms with van der Waals surface area (Å²) in [5.41, 5.74) is 0.546. The minimum atomic E-state index is 0.0851. The van der Waals surface area contributed by atoms with E-state index in [2.05, 4.69) is 22.9 Å². The lowest BCUT2D eigenvalue weighted by atomic mass is 10.2. The van der Waals surface area contributed by atoms with Crippen LogP contribution < -0.4 is 4.74 Å². The van der Waals surface area contributed by atoms with Crippen molar-refractivity contribution in [1.82, 2.24) is 0 Å². The molecule has 1 aromatic rings. The first-order valence-corrected chi connectivity index (χ1v) is 3.83. The van der Waals surface area contributed by atoms with E-state index in [1.165, 1.54) is 7.11 Å². The van der Waals surface area contributed by atoms with E-state index in [-0.39, 0.29) is 5.75 Å². The third kappa shape index (κ3) is 1.48. The molecule has 0 amide bonds. The second-order valence-corrected chi connectivity index (χ2v) is 2.93. The Hall–Kier alpha value is -0.700. The van der Waals surface area contributed by atoms with Crippen molar-refractivity contribution in [3.63, 3.8) is 0 Å². The topological polar surface area (TPSA) is 29.5 Å². The highest BCUT2D eigenvalue weighted by Gasteiger charge is 2.06. The Morgan fingerprint density at radius 1 is 1.55 bits per heavy atom. The fourth-order valence-electron chi connectivity index (χ4n) is 0.755. The van der Waals surface area contributed by atoms with Gasteiger partial charge in [-0.15, -0.1) is 0 Å². The van der Waals surface area contributed by atoms with Gasteiger partial charge in [-0.1, -0.05) is 15.9 Å². The van der Waals surface area contributed by atoms with Crippen LogP contribution in [0.15, 0.2) is 16.6 Å². The molecule has 2 nitrogen and oxygen atoms in total. The molecule has 0 unspecified atom stereocenters. The number of ether oxygens (including phenoxy) is 1. The molecule has 0 fully saturated rings. The maximum absolute atomic E-state index is 9.36. The van der Waals surface area contributed by atoms with E-state index in [0.29, 0.717) is 11.3 Å². The van der Waals surface area contributed by atoms with Gasteiger partial charge in [-0.05, 0) is 19.1 Å². The lowest BCUT2D eigenvalue weighted by molar-refractivity contribution is 0.372. The van der Waals surface area contributed by atoms with Gasteiger partial charge < -0.3 is 9.84 Å². The minimum Gasteiger partial charge on any atom is -0.504 e. The van der Waals surface area contributed by atoms with E-state index in [1.807, 2.05) is 0 Å². The molecule has 0 saturated heterocycles. The lowest BCUT2D eigenvalue weighted by Gasteiger charge is -2.06. The van der Waals surface area contributed by atoms with Gasteiger partial charge in [0.05, 0.1) is 7.11 Å². The third-order valence-electron chi connectivity index (χ3n) is 1.41. The van der Waals surface area contributed by atoms with Crippen LogP contribution in [0.2, 0.25) is 0 Å². The van der Waals surface area contributed by atoms with E-state index < -0.39 is 0 Å². The van der Waals surface area contributed by atoms with E-state index in [9.17, 15) is 5.11 Å². The van der Waals surface area contributed by atoms with Crippen molar-refractivity contribution < 1.29 is 9.84 Å². The lowest BCUT2D eigenvalue weighted by Crippen LogP contribution is -1.85. The van der Waals surface area contributed by atoms with Crippen LogP contribution in [0.3, 0.4) is 0 Å². The molecular formula is C8H8BrO2. The van der Waals surface area contributed by atoms with Gasteiger partial charge in [0.25, 0.3) is 0 Å². The van der Waals surface area contributed by atoms with Crippen LogP contribution in [0, 0.1) is 6.92 Å².